The highest BCUT2D eigenvalue weighted by Crippen LogP contribution is 2.34. The molecule has 76 valence electrons. The van der Waals surface area contributed by atoms with Gasteiger partial charge in [-0.25, -0.2) is 0 Å². The molecule has 1 aliphatic carbocycles. The van der Waals surface area contributed by atoms with Crippen molar-refractivity contribution in [1.82, 2.24) is 4.90 Å². The van der Waals surface area contributed by atoms with Crippen molar-refractivity contribution < 1.29 is 0 Å². The Morgan fingerprint density at radius 2 is 2.15 bits per heavy atom. The van der Waals surface area contributed by atoms with Gasteiger partial charge < -0.3 is 10.6 Å². The molecule has 2 rings (SSSR count). The lowest BCUT2D eigenvalue weighted by Gasteiger charge is -2.22. The lowest BCUT2D eigenvalue weighted by atomic mass is 9.93. The fourth-order valence-corrected chi connectivity index (χ4v) is 2.35. The summed E-state index contributed by atoms with van der Waals surface area (Å²) in [5.41, 5.74) is 6.64. The molecule has 0 aromatic carbocycles. The normalized spacial score (nSPS) is 30.7. The number of likely N-dealkylation sites (tertiary alicyclic amines) is 1. The maximum Gasteiger partial charge on any atom is 0.0196 e. The van der Waals surface area contributed by atoms with Crippen LogP contribution in [0.15, 0.2) is 0 Å². The Balaban J connectivity index is 1.76. The van der Waals surface area contributed by atoms with E-state index in [1.165, 1.54) is 32.4 Å². The van der Waals surface area contributed by atoms with Gasteiger partial charge in [0.2, 0.25) is 0 Å². The first kappa shape index (κ1) is 9.47. The van der Waals surface area contributed by atoms with Crippen molar-refractivity contribution in [3.8, 4) is 0 Å². The zero-order valence-electron chi connectivity index (χ0n) is 8.92. The van der Waals surface area contributed by atoms with Gasteiger partial charge >= 0.3 is 0 Å². The van der Waals surface area contributed by atoms with Crippen molar-refractivity contribution >= 4 is 0 Å². The Bertz CT molecular complexity index is 185. The van der Waals surface area contributed by atoms with Gasteiger partial charge in [0, 0.05) is 19.1 Å². The molecule has 13 heavy (non-hydrogen) atoms. The Hall–Kier alpha value is -0.0800. The van der Waals surface area contributed by atoms with E-state index in [1.807, 2.05) is 0 Å². The molecule has 0 aromatic heterocycles. The monoisotopic (exact) mass is 182 g/mol. The van der Waals surface area contributed by atoms with Crippen LogP contribution in [0.3, 0.4) is 0 Å². The van der Waals surface area contributed by atoms with Crippen molar-refractivity contribution in [1.29, 1.82) is 0 Å². The molecule has 2 aliphatic rings. The van der Waals surface area contributed by atoms with Gasteiger partial charge in [-0.3, -0.25) is 0 Å². The van der Waals surface area contributed by atoms with Gasteiger partial charge in [0.25, 0.3) is 0 Å². The lowest BCUT2D eigenvalue weighted by molar-refractivity contribution is 0.267. The summed E-state index contributed by atoms with van der Waals surface area (Å²) in [5, 5.41) is 0. The van der Waals surface area contributed by atoms with E-state index in [1.54, 1.807) is 0 Å². The largest absolute Gasteiger partial charge is 0.326 e. The lowest BCUT2D eigenvalue weighted by Crippen LogP contribution is -2.38. The highest BCUT2D eigenvalue weighted by molar-refractivity contribution is 4.89. The molecule has 1 unspecified atom stereocenters. The van der Waals surface area contributed by atoms with Gasteiger partial charge in [-0.15, -0.1) is 0 Å². The van der Waals surface area contributed by atoms with Gasteiger partial charge in [0.15, 0.2) is 0 Å². The van der Waals surface area contributed by atoms with Crippen LogP contribution in [0, 0.1) is 11.3 Å². The Labute approximate surface area is 81.5 Å². The average Bonchev–Trinajstić information content (AvgIpc) is 2.78. The van der Waals surface area contributed by atoms with Crippen molar-refractivity contribution in [2.45, 2.75) is 39.2 Å². The number of rotatable bonds is 3. The van der Waals surface area contributed by atoms with Crippen LogP contribution in [-0.2, 0) is 0 Å². The highest BCUT2D eigenvalue weighted by Gasteiger charge is 2.34. The summed E-state index contributed by atoms with van der Waals surface area (Å²) in [4.78, 5) is 2.54. The van der Waals surface area contributed by atoms with Crippen LogP contribution in [0.4, 0.5) is 0 Å². The van der Waals surface area contributed by atoms with E-state index in [0.717, 1.165) is 12.5 Å². The summed E-state index contributed by atoms with van der Waals surface area (Å²) < 4.78 is 0. The smallest absolute Gasteiger partial charge is 0.0196 e. The fraction of sp³-hybridized carbons (Fsp3) is 1.00. The molecule has 2 fully saturated rings. The Kier molecular flexibility index (Phi) is 2.37. The topological polar surface area (TPSA) is 29.3 Å². The third kappa shape index (κ3) is 2.44. The molecule has 1 saturated heterocycles. The predicted molar refractivity (Wildman–Crippen MR) is 55.5 cm³/mol. The predicted octanol–water partition coefficient (Wildman–Crippen LogP) is 1.46. The molecule has 0 aromatic rings. The van der Waals surface area contributed by atoms with Crippen LogP contribution in [0.1, 0.15) is 33.1 Å². The number of hydrogen-bond donors (Lipinski definition) is 1. The second-order valence-corrected chi connectivity index (χ2v) is 5.65. The van der Waals surface area contributed by atoms with Gasteiger partial charge in [-0.1, -0.05) is 13.8 Å². The third-order valence-corrected chi connectivity index (χ3v) is 3.45. The quantitative estimate of drug-likeness (QED) is 0.716. The first-order chi connectivity index (χ1) is 6.07. The number of nitrogens with two attached hydrogens (primary N) is 1. The van der Waals surface area contributed by atoms with Crippen molar-refractivity contribution in [2.75, 3.05) is 19.6 Å². The summed E-state index contributed by atoms with van der Waals surface area (Å²) in [6, 6.07) is 0.453. The molecule has 2 N–H and O–H groups in total. The van der Waals surface area contributed by atoms with Crippen LogP contribution in [-0.4, -0.2) is 30.6 Å². The SMILES string of the molecule is CC1(C)CCN(CC(N)C2CC2)C1. The molecule has 1 aliphatic heterocycles. The van der Waals surface area contributed by atoms with Gasteiger partial charge in [0.1, 0.15) is 0 Å². The summed E-state index contributed by atoms with van der Waals surface area (Å²) in [7, 11) is 0. The standard InChI is InChI=1S/C11H22N2/c1-11(2)5-6-13(8-11)7-10(12)9-3-4-9/h9-10H,3-8,12H2,1-2H3. The molecule has 1 heterocycles. The molecule has 1 atom stereocenters. The fourth-order valence-electron chi connectivity index (χ4n) is 2.35. The second kappa shape index (κ2) is 3.25. The van der Waals surface area contributed by atoms with Gasteiger partial charge in [-0.05, 0) is 37.1 Å². The van der Waals surface area contributed by atoms with Crippen molar-refractivity contribution in [2.24, 2.45) is 17.1 Å². The van der Waals surface area contributed by atoms with Crippen molar-refractivity contribution in [3.63, 3.8) is 0 Å². The third-order valence-electron chi connectivity index (χ3n) is 3.45. The minimum atomic E-state index is 0.453. The average molecular weight is 182 g/mol. The van der Waals surface area contributed by atoms with Gasteiger partial charge in [0.05, 0.1) is 0 Å². The van der Waals surface area contributed by atoms with E-state index in [4.69, 9.17) is 5.73 Å². The molecule has 0 amide bonds. The molecule has 2 nitrogen and oxygen atoms in total. The van der Waals surface area contributed by atoms with E-state index in [0.29, 0.717) is 11.5 Å². The van der Waals surface area contributed by atoms with Gasteiger partial charge in [-0.2, -0.15) is 0 Å². The van der Waals surface area contributed by atoms with Crippen molar-refractivity contribution in [3.05, 3.63) is 0 Å². The van der Waals surface area contributed by atoms with E-state index in [2.05, 4.69) is 18.7 Å². The molecular weight excluding hydrogens is 160 g/mol. The number of nitrogens with zero attached hydrogens (tertiary/aromatic N) is 1. The molecule has 1 saturated carbocycles. The maximum atomic E-state index is 6.11. The maximum absolute atomic E-state index is 6.11. The van der Waals surface area contributed by atoms with E-state index in [-0.39, 0.29) is 0 Å². The summed E-state index contributed by atoms with van der Waals surface area (Å²) >= 11 is 0. The van der Waals surface area contributed by atoms with Crippen LogP contribution in [0.5, 0.6) is 0 Å². The molecular formula is C11H22N2. The summed E-state index contributed by atoms with van der Waals surface area (Å²) in [6.45, 7) is 8.35. The van der Waals surface area contributed by atoms with E-state index < -0.39 is 0 Å². The van der Waals surface area contributed by atoms with Crippen LogP contribution in [0.2, 0.25) is 0 Å². The first-order valence-corrected chi connectivity index (χ1v) is 5.55. The molecule has 2 heteroatoms. The Morgan fingerprint density at radius 3 is 2.62 bits per heavy atom. The van der Waals surface area contributed by atoms with E-state index in [9.17, 15) is 0 Å². The summed E-state index contributed by atoms with van der Waals surface area (Å²) in [6.07, 6.45) is 4.08. The summed E-state index contributed by atoms with van der Waals surface area (Å²) in [5.74, 6) is 0.851. The molecule has 0 spiro atoms. The van der Waals surface area contributed by atoms with E-state index >= 15 is 0 Å². The minimum absolute atomic E-state index is 0.453. The van der Waals surface area contributed by atoms with Crippen LogP contribution >= 0.6 is 0 Å². The first-order valence-electron chi connectivity index (χ1n) is 5.55. The van der Waals surface area contributed by atoms with Crippen LogP contribution < -0.4 is 5.73 Å². The molecule has 0 radical (unpaired) electrons. The minimum Gasteiger partial charge on any atom is -0.326 e. The van der Waals surface area contributed by atoms with Crippen LogP contribution in [0.25, 0.3) is 0 Å². The zero-order chi connectivity index (χ0) is 9.47. The molecule has 0 bridgehead atoms. The number of hydrogen-bond acceptors (Lipinski definition) is 2. The Morgan fingerprint density at radius 1 is 1.46 bits per heavy atom. The highest BCUT2D eigenvalue weighted by atomic mass is 15.2. The zero-order valence-corrected chi connectivity index (χ0v) is 8.92. The second-order valence-electron chi connectivity index (χ2n) is 5.65.